The van der Waals surface area contributed by atoms with Gasteiger partial charge in [-0.2, -0.15) is 0 Å². The SMILES string of the molecule is COc1ccccc1NC(=O)C(C)Sc1cccc(NC(=O)/C(=C/c2cccc(Cl)c2)NC(=O)c2ccccc2)c1. The highest BCUT2D eigenvalue weighted by Gasteiger charge is 2.18. The number of amides is 3. The number of halogens is 1. The summed E-state index contributed by atoms with van der Waals surface area (Å²) in [5.74, 6) is -0.556. The summed E-state index contributed by atoms with van der Waals surface area (Å²) in [5.41, 5.74) is 2.20. The third kappa shape index (κ3) is 8.48. The average Bonchev–Trinajstić information content (AvgIpc) is 2.97. The van der Waals surface area contributed by atoms with E-state index in [1.165, 1.54) is 11.8 Å². The summed E-state index contributed by atoms with van der Waals surface area (Å²) in [4.78, 5) is 39.9. The van der Waals surface area contributed by atoms with Crippen molar-refractivity contribution in [2.45, 2.75) is 17.1 Å². The van der Waals surface area contributed by atoms with Gasteiger partial charge in [0.1, 0.15) is 11.4 Å². The van der Waals surface area contributed by atoms with E-state index in [1.807, 2.05) is 18.2 Å². The van der Waals surface area contributed by atoms with Crippen molar-refractivity contribution < 1.29 is 19.1 Å². The Labute approximate surface area is 248 Å². The number of nitrogens with one attached hydrogen (secondary N) is 3. The van der Waals surface area contributed by atoms with Crippen LogP contribution in [0.4, 0.5) is 11.4 Å². The number of hydrogen-bond acceptors (Lipinski definition) is 5. The van der Waals surface area contributed by atoms with Crippen molar-refractivity contribution in [1.29, 1.82) is 0 Å². The van der Waals surface area contributed by atoms with Crippen molar-refractivity contribution in [1.82, 2.24) is 5.32 Å². The summed E-state index contributed by atoms with van der Waals surface area (Å²) in [6.45, 7) is 1.80. The van der Waals surface area contributed by atoms with Crippen LogP contribution in [0.3, 0.4) is 0 Å². The first-order valence-electron chi connectivity index (χ1n) is 12.7. The minimum absolute atomic E-state index is 0.0451. The van der Waals surface area contributed by atoms with Gasteiger partial charge in [0.15, 0.2) is 0 Å². The second-order valence-electron chi connectivity index (χ2n) is 8.86. The Morgan fingerprint density at radius 2 is 1.59 bits per heavy atom. The molecule has 1 unspecified atom stereocenters. The van der Waals surface area contributed by atoms with Crippen molar-refractivity contribution in [2.24, 2.45) is 0 Å². The maximum atomic E-state index is 13.4. The molecule has 0 aliphatic heterocycles. The van der Waals surface area contributed by atoms with E-state index >= 15 is 0 Å². The fourth-order valence-corrected chi connectivity index (χ4v) is 4.92. The maximum Gasteiger partial charge on any atom is 0.272 e. The Morgan fingerprint density at radius 3 is 2.34 bits per heavy atom. The minimum Gasteiger partial charge on any atom is -0.495 e. The number of para-hydroxylation sites is 2. The molecule has 9 heteroatoms. The summed E-state index contributed by atoms with van der Waals surface area (Å²) >= 11 is 7.47. The molecule has 3 N–H and O–H groups in total. The molecule has 0 aliphatic carbocycles. The van der Waals surface area contributed by atoms with Gasteiger partial charge in [0.05, 0.1) is 18.0 Å². The molecule has 7 nitrogen and oxygen atoms in total. The Balaban J connectivity index is 1.48. The first-order chi connectivity index (χ1) is 19.8. The molecular formula is C32H28ClN3O4S. The van der Waals surface area contributed by atoms with Crippen molar-refractivity contribution in [3.63, 3.8) is 0 Å². The van der Waals surface area contributed by atoms with Gasteiger partial charge in [-0.25, -0.2) is 0 Å². The molecule has 0 fully saturated rings. The van der Waals surface area contributed by atoms with Crippen LogP contribution in [0.1, 0.15) is 22.8 Å². The highest BCUT2D eigenvalue weighted by atomic mass is 35.5. The van der Waals surface area contributed by atoms with Gasteiger partial charge in [-0.3, -0.25) is 14.4 Å². The van der Waals surface area contributed by atoms with Gasteiger partial charge in [0.2, 0.25) is 5.91 Å². The number of ether oxygens (including phenoxy) is 1. The van der Waals surface area contributed by atoms with Crippen molar-refractivity contribution in [2.75, 3.05) is 17.7 Å². The molecule has 0 radical (unpaired) electrons. The number of hydrogen-bond donors (Lipinski definition) is 3. The predicted molar refractivity (Wildman–Crippen MR) is 165 cm³/mol. The number of thioether (sulfide) groups is 1. The van der Waals surface area contributed by atoms with Gasteiger partial charge in [-0.15, -0.1) is 11.8 Å². The van der Waals surface area contributed by atoms with E-state index in [9.17, 15) is 14.4 Å². The van der Waals surface area contributed by atoms with Crippen LogP contribution in [0.5, 0.6) is 5.75 Å². The summed E-state index contributed by atoms with van der Waals surface area (Å²) in [5, 5.41) is 8.52. The van der Waals surface area contributed by atoms with E-state index in [-0.39, 0.29) is 11.6 Å². The molecule has 4 aromatic carbocycles. The van der Waals surface area contributed by atoms with E-state index in [2.05, 4.69) is 16.0 Å². The second kappa shape index (κ2) is 14.2. The Hall–Kier alpha value is -4.53. The lowest BCUT2D eigenvalue weighted by atomic mass is 10.1. The van der Waals surface area contributed by atoms with Crippen LogP contribution in [0, 0.1) is 0 Å². The quantitative estimate of drug-likeness (QED) is 0.139. The average molecular weight is 586 g/mol. The van der Waals surface area contributed by atoms with Gasteiger partial charge in [0, 0.05) is 21.2 Å². The molecule has 0 spiro atoms. The second-order valence-corrected chi connectivity index (χ2v) is 10.7. The smallest absolute Gasteiger partial charge is 0.272 e. The Morgan fingerprint density at radius 1 is 0.854 bits per heavy atom. The highest BCUT2D eigenvalue weighted by Crippen LogP contribution is 2.29. The molecule has 3 amide bonds. The van der Waals surface area contributed by atoms with Gasteiger partial charge < -0.3 is 20.7 Å². The van der Waals surface area contributed by atoms with Gasteiger partial charge in [-0.1, -0.05) is 60.1 Å². The lowest BCUT2D eigenvalue weighted by molar-refractivity contribution is -0.115. The van der Waals surface area contributed by atoms with Crippen molar-refractivity contribution in [3.8, 4) is 5.75 Å². The van der Waals surface area contributed by atoms with Crippen LogP contribution >= 0.6 is 23.4 Å². The summed E-state index contributed by atoms with van der Waals surface area (Å²) in [6.07, 6.45) is 1.56. The number of rotatable bonds is 10. The van der Waals surface area contributed by atoms with E-state index in [4.69, 9.17) is 16.3 Å². The zero-order valence-electron chi connectivity index (χ0n) is 22.4. The first-order valence-corrected chi connectivity index (χ1v) is 13.9. The van der Waals surface area contributed by atoms with E-state index in [0.717, 1.165) is 4.90 Å². The highest BCUT2D eigenvalue weighted by molar-refractivity contribution is 8.00. The topological polar surface area (TPSA) is 96.5 Å². The van der Waals surface area contributed by atoms with Crippen LogP contribution in [-0.4, -0.2) is 30.1 Å². The Bertz CT molecular complexity index is 1580. The third-order valence-electron chi connectivity index (χ3n) is 5.83. The standard InChI is InChI=1S/C32H28ClN3O4S/c1-21(30(37)35-27-16-6-7-17-29(27)40-2)41-26-15-9-14-25(20-26)34-32(39)28(19-22-10-8-13-24(33)18-22)36-31(38)23-11-4-3-5-12-23/h3-21H,1-2H3,(H,34,39)(H,35,37)(H,36,38)/b28-19-. The molecule has 4 rings (SSSR count). The van der Waals surface area contributed by atoms with Crippen molar-refractivity contribution in [3.05, 3.63) is 125 Å². The fraction of sp³-hybridized carbons (Fsp3) is 0.0938. The van der Waals surface area contributed by atoms with Crippen LogP contribution < -0.4 is 20.7 Å². The summed E-state index contributed by atoms with van der Waals surface area (Å²) in [6, 6.07) is 29.9. The largest absolute Gasteiger partial charge is 0.495 e. The number of carbonyl (C=O) groups excluding carboxylic acids is 3. The molecule has 41 heavy (non-hydrogen) atoms. The fourth-order valence-electron chi connectivity index (χ4n) is 3.79. The van der Waals surface area contributed by atoms with Crippen LogP contribution in [0.2, 0.25) is 5.02 Å². The Kier molecular flexibility index (Phi) is 10.2. The number of carbonyl (C=O) groups is 3. The number of benzene rings is 4. The number of anilines is 2. The molecular weight excluding hydrogens is 558 g/mol. The van der Waals surface area contributed by atoms with E-state index in [0.29, 0.717) is 33.3 Å². The predicted octanol–water partition coefficient (Wildman–Crippen LogP) is 6.88. The van der Waals surface area contributed by atoms with Crippen LogP contribution in [0.25, 0.3) is 6.08 Å². The minimum atomic E-state index is -0.515. The van der Waals surface area contributed by atoms with Gasteiger partial charge in [0.25, 0.3) is 11.8 Å². The number of methoxy groups -OCH3 is 1. The summed E-state index contributed by atoms with van der Waals surface area (Å²) < 4.78 is 5.31. The zero-order valence-corrected chi connectivity index (χ0v) is 24.0. The van der Waals surface area contributed by atoms with E-state index in [1.54, 1.807) is 105 Å². The molecule has 0 aliphatic rings. The molecule has 0 bridgehead atoms. The molecule has 1 atom stereocenters. The normalized spacial score (nSPS) is 11.7. The van der Waals surface area contributed by atoms with Crippen LogP contribution in [0.15, 0.2) is 114 Å². The molecule has 0 saturated heterocycles. The molecule has 208 valence electrons. The monoisotopic (exact) mass is 585 g/mol. The van der Waals surface area contributed by atoms with E-state index < -0.39 is 17.1 Å². The molecule has 4 aromatic rings. The molecule has 0 aromatic heterocycles. The first kappa shape index (κ1) is 29.5. The molecule has 0 saturated carbocycles. The lowest BCUT2D eigenvalue weighted by Crippen LogP contribution is -2.30. The zero-order chi connectivity index (χ0) is 29.2. The van der Waals surface area contributed by atoms with Crippen LogP contribution in [-0.2, 0) is 9.59 Å². The lowest BCUT2D eigenvalue weighted by Gasteiger charge is -2.15. The summed E-state index contributed by atoms with van der Waals surface area (Å²) in [7, 11) is 1.55. The van der Waals surface area contributed by atoms with Gasteiger partial charge >= 0.3 is 0 Å². The molecule has 0 heterocycles. The van der Waals surface area contributed by atoms with Gasteiger partial charge in [-0.05, 0) is 73.2 Å². The maximum absolute atomic E-state index is 13.4. The third-order valence-corrected chi connectivity index (χ3v) is 7.16. The van der Waals surface area contributed by atoms with Crippen molar-refractivity contribution >= 4 is 58.5 Å².